The van der Waals surface area contributed by atoms with Gasteiger partial charge in [-0.1, -0.05) is 25.7 Å². The molecule has 2 aliphatic carbocycles. The Bertz CT molecular complexity index is 630. The van der Waals surface area contributed by atoms with Crippen LogP contribution in [0, 0.1) is 17.8 Å². The zero-order chi connectivity index (χ0) is 19.3. The molecule has 1 aromatic rings. The van der Waals surface area contributed by atoms with Crippen LogP contribution in [0.1, 0.15) is 57.8 Å². The van der Waals surface area contributed by atoms with Gasteiger partial charge in [0.1, 0.15) is 0 Å². The van der Waals surface area contributed by atoms with Crippen LogP contribution in [0.3, 0.4) is 0 Å². The summed E-state index contributed by atoms with van der Waals surface area (Å²) in [5.41, 5.74) is 0. The Hall–Kier alpha value is -1.79. The van der Waals surface area contributed by atoms with Crippen molar-refractivity contribution in [1.29, 1.82) is 0 Å². The van der Waals surface area contributed by atoms with Crippen LogP contribution in [-0.2, 0) is 4.79 Å². The molecule has 27 heavy (non-hydrogen) atoms. The lowest BCUT2D eigenvalue weighted by Crippen LogP contribution is -2.34. The minimum absolute atomic E-state index is 0.104. The second-order valence-corrected chi connectivity index (χ2v) is 7.76. The highest BCUT2D eigenvalue weighted by molar-refractivity contribution is 5.92. The molecule has 2 unspecified atom stereocenters. The zero-order valence-electron chi connectivity index (χ0n) is 15.4. The average Bonchev–Trinajstić information content (AvgIpc) is 2.67. The quantitative estimate of drug-likeness (QED) is 0.745. The van der Waals surface area contributed by atoms with Crippen LogP contribution in [0.2, 0.25) is 0 Å². The van der Waals surface area contributed by atoms with Crippen molar-refractivity contribution in [2.75, 3.05) is 11.9 Å². The van der Waals surface area contributed by atoms with E-state index in [4.69, 9.17) is 4.74 Å². The van der Waals surface area contributed by atoms with E-state index in [2.05, 4.69) is 10.3 Å². The molecule has 150 valence electrons. The number of rotatable bonds is 5. The summed E-state index contributed by atoms with van der Waals surface area (Å²) >= 11 is 0. The zero-order valence-corrected chi connectivity index (χ0v) is 15.4. The molecule has 0 radical (unpaired) electrons. The monoisotopic (exact) mass is 384 g/mol. The second-order valence-electron chi connectivity index (χ2n) is 7.76. The van der Waals surface area contributed by atoms with Crippen LogP contribution in [0.15, 0.2) is 18.3 Å². The predicted molar refractivity (Wildman–Crippen MR) is 96.4 cm³/mol. The highest BCUT2D eigenvalue weighted by Crippen LogP contribution is 2.40. The van der Waals surface area contributed by atoms with E-state index in [9.17, 15) is 18.0 Å². The van der Waals surface area contributed by atoms with Gasteiger partial charge < -0.3 is 10.1 Å². The van der Waals surface area contributed by atoms with E-state index in [0.717, 1.165) is 12.8 Å². The van der Waals surface area contributed by atoms with Gasteiger partial charge in [0.25, 0.3) is 0 Å². The number of aromatic nitrogens is 1. The molecule has 1 N–H and O–H groups in total. The number of nitrogens with zero attached hydrogens (tertiary/aromatic N) is 1. The first-order chi connectivity index (χ1) is 12.9. The molecule has 0 aliphatic heterocycles. The molecular weight excluding hydrogens is 357 g/mol. The number of carbonyl (C=O) groups excluding carboxylic acids is 1. The minimum Gasteiger partial charge on any atom is -0.489 e. The van der Waals surface area contributed by atoms with Crippen molar-refractivity contribution in [3.63, 3.8) is 0 Å². The van der Waals surface area contributed by atoms with Crippen LogP contribution >= 0.6 is 0 Å². The van der Waals surface area contributed by atoms with Gasteiger partial charge in [-0.2, -0.15) is 13.2 Å². The van der Waals surface area contributed by atoms with Crippen molar-refractivity contribution >= 4 is 11.7 Å². The van der Waals surface area contributed by atoms with E-state index >= 15 is 0 Å². The predicted octanol–water partition coefficient (Wildman–Crippen LogP) is 5.35. The number of nitrogens with one attached hydrogen (secondary N) is 1. The molecule has 0 saturated heterocycles. The third kappa shape index (κ3) is 5.59. The van der Waals surface area contributed by atoms with Crippen molar-refractivity contribution < 1.29 is 22.7 Å². The van der Waals surface area contributed by atoms with Gasteiger partial charge in [-0.05, 0) is 50.2 Å². The summed E-state index contributed by atoms with van der Waals surface area (Å²) in [5.74, 6) is -1.14. The summed E-state index contributed by atoms with van der Waals surface area (Å²) in [6, 6.07) is 3.47. The van der Waals surface area contributed by atoms with E-state index in [1.807, 2.05) is 0 Å². The Morgan fingerprint density at radius 1 is 1.15 bits per heavy atom. The molecule has 7 heteroatoms. The molecule has 3 rings (SSSR count). The number of carbonyl (C=O) groups is 1. The SMILES string of the molecule is O=C(Nc1ncccc1OCC1CCCCC1)C1CCCC(C(F)(F)F)C1. The van der Waals surface area contributed by atoms with Crippen molar-refractivity contribution in [2.24, 2.45) is 17.8 Å². The first-order valence-corrected chi connectivity index (χ1v) is 9.89. The Morgan fingerprint density at radius 2 is 1.93 bits per heavy atom. The van der Waals surface area contributed by atoms with Gasteiger partial charge in [-0.25, -0.2) is 4.98 Å². The van der Waals surface area contributed by atoms with Gasteiger partial charge in [0.05, 0.1) is 12.5 Å². The van der Waals surface area contributed by atoms with E-state index < -0.39 is 23.9 Å². The maximum atomic E-state index is 13.0. The van der Waals surface area contributed by atoms with Crippen LogP contribution in [0.25, 0.3) is 0 Å². The Balaban J connectivity index is 1.58. The number of hydrogen-bond acceptors (Lipinski definition) is 3. The number of amides is 1. The lowest BCUT2D eigenvalue weighted by atomic mass is 9.80. The lowest BCUT2D eigenvalue weighted by molar-refractivity contribution is -0.185. The largest absolute Gasteiger partial charge is 0.489 e. The van der Waals surface area contributed by atoms with E-state index in [-0.39, 0.29) is 12.8 Å². The Kier molecular flexibility index (Phi) is 6.60. The number of anilines is 1. The van der Waals surface area contributed by atoms with Crippen LogP contribution in [-0.4, -0.2) is 23.7 Å². The molecular formula is C20H27F3N2O2. The summed E-state index contributed by atoms with van der Waals surface area (Å²) in [6.45, 7) is 0.578. The number of ether oxygens (including phenoxy) is 1. The van der Waals surface area contributed by atoms with E-state index in [0.29, 0.717) is 36.9 Å². The van der Waals surface area contributed by atoms with Crippen molar-refractivity contribution in [2.45, 2.75) is 64.0 Å². The second kappa shape index (κ2) is 8.93. The van der Waals surface area contributed by atoms with E-state index in [1.165, 1.54) is 19.3 Å². The molecule has 1 heterocycles. The van der Waals surface area contributed by atoms with Crippen LogP contribution in [0.5, 0.6) is 5.75 Å². The lowest BCUT2D eigenvalue weighted by Gasteiger charge is -2.29. The number of hydrogen-bond donors (Lipinski definition) is 1. The standard InChI is InChI=1S/C20H27F3N2O2/c21-20(22,23)16-9-4-8-15(12-16)19(26)25-18-17(10-5-11-24-18)27-13-14-6-2-1-3-7-14/h5,10-11,14-16H,1-4,6-9,12-13H2,(H,24,25,26). The molecule has 2 atom stereocenters. The fourth-order valence-electron chi connectivity index (χ4n) is 4.11. The van der Waals surface area contributed by atoms with Gasteiger partial charge in [0, 0.05) is 12.1 Å². The summed E-state index contributed by atoms with van der Waals surface area (Å²) in [7, 11) is 0. The summed E-state index contributed by atoms with van der Waals surface area (Å²) in [5, 5.41) is 2.70. The van der Waals surface area contributed by atoms with Gasteiger partial charge in [-0.3, -0.25) is 4.79 Å². The molecule has 1 amide bonds. The fourth-order valence-corrected chi connectivity index (χ4v) is 4.11. The van der Waals surface area contributed by atoms with Gasteiger partial charge in [-0.15, -0.1) is 0 Å². The van der Waals surface area contributed by atoms with Crippen LogP contribution in [0.4, 0.5) is 19.0 Å². The summed E-state index contributed by atoms with van der Waals surface area (Å²) < 4.78 is 44.8. The van der Waals surface area contributed by atoms with Crippen LogP contribution < -0.4 is 10.1 Å². The highest BCUT2D eigenvalue weighted by Gasteiger charge is 2.43. The van der Waals surface area contributed by atoms with Gasteiger partial charge in [0.2, 0.25) is 5.91 Å². The Labute approximate surface area is 157 Å². The van der Waals surface area contributed by atoms with Gasteiger partial charge in [0.15, 0.2) is 11.6 Å². The molecule has 2 saturated carbocycles. The van der Waals surface area contributed by atoms with E-state index in [1.54, 1.807) is 18.3 Å². The molecule has 0 bridgehead atoms. The average molecular weight is 384 g/mol. The smallest absolute Gasteiger partial charge is 0.391 e. The third-order valence-electron chi connectivity index (χ3n) is 5.72. The maximum absolute atomic E-state index is 13.0. The molecule has 4 nitrogen and oxygen atoms in total. The number of pyridine rings is 1. The number of alkyl halides is 3. The number of halogens is 3. The fraction of sp³-hybridized carbons (Fsp3) is 0.700. The van der Waals surface area contributed by atoms with Crippen molar-refractivity contribution in [3.8, 4) is 5.75 Å². The Morgan fingerprint density at radius 3 is 2.67 bits per heavy atom. The summed E-state index contributed by atoms with van der Waals surface area (Å²) in [4.78, 5) is 16.7. The minimum atomic E-state index is -4.24. The molecule has 2 aliphatic rings. The molecule has 0 spiro atoms. The molecule has 0 aromatic carbocycles. The third-order valence-corrected chi connectivity index (χ3v) is 5.72. The molecule has 1 aromatic heterocycles. The first-order valence-electron chi connectivity index (χ1n) is 9.89. The van der Waals surface area contributed by atoms with Gasteiger partial charge >= 0.3 is 6.18 Å². The van der Waals surface area contributed by atoms with Crippen molar-refractivity contribution in [1.82, 2.24) is 4.98 Å². The molecule has 2 fully saturated rings. The first kappa shape index (κ1) is 20.0. The maximum Gasteiger partial charge on any atom is 0.391 e. The topological polar surface area (TPSA) is 51.2 Å². The normalized spacial score (nSPS) is 24.4. The highest BCUT2D eigenvalue weighted by atomic mass is 19.4. The summed E-state index contributed by atoms with van der Waals surface area (Å²) in [6.07, 6.45) is 4.13. The van der Waals surface area contributed by atoms with Crippen molar-refractivity contribution in [3.05, 3.63) is 18.3 Å².